The molecule has 1 aliphatic heterocycles. The molecule has 0 radical (unpaired) electrons. The van der Waals surface area contributed by atoms with Gasteiger partial charge in [0.25, 0.3) is 0 Å². The van der Waals surface area contributed by atoms with Crippen molar-refractivity contribution in [1.82, 2.24) is 10.2 Å². The van der Waals surface area contributed by atoms with Crippen LogP contribution < -0.4 is 16.4 Å². The van der Waals surface area contributed by atoms with Crippen molar-refractivity contribution in [1.29, 1.82) is 5.41 Å². The lowest BCUT2D eigenvalue weighted by Crippen LogP contribution is -2.58. The van der Waals surface area contributed by atoms with Crippen molar-refractivity contribution in [3.63, 3.8) is 0 Å². The van der Waals surface area contributed by atoms with E-state index in [9.17, 15) is 4.79 Å². The van der Waals surface area contributed by atoms with Gasteiger partial charge in [-0.3, -0.25) is 10.3 Å². The van der Waals surface area contributed by atoms with E-state index in [0.29, 0.717) is 17.2 Å². The Balaban J connectivity index is 1.38. The highest BCUT2D eigenvalue weighted by molar-refractivity contribution is 5.97. The van der Waals surface area contributed by atoms with Gasteiger partial charge in [-0.15, -0.1) is 0 Å². The van der Waals surface area contributed by atoms with Crippen molar-refractivity contribution >= 4 is 17.6 Å². The summed E-state index contributed by atoms with van der Waals surface area (Å²) in [5.41, 5.74) is 8.11. The molecule has 6 heteroatoms. The maximum Gasteiger partial charge on any atom is 0.319 e. The predicted octanol–water partition coefficient (Wildman–Crippen LogP) is 4.71. The Morgan fingerprint density at radius 3 is 2.44 bits per heavy atom. The molecule has 0 unspecified atom stereocenters. The summed E-state index contributed by atoms with van der Waals surface area (Å²) >= 11 is 0. The standard InChI is InChI=1S/C26H35N5O/c27-24(28)21-10-7-11-23(18-21)29-25(32)30-26(14-5-2-6-15-26)22-12-16-31(17-13-22)19-20-8-3-1-4-9-20/h1,3-4,7-11,18,22H,2,5-6,12-17,19H2,(H3,27,28)(H2,29,30,32). The van der Waals surface area contributed by atoms with Gasteiger partial charge in [-0.25, -0.2) is 4.79 Å². The van der Waals surface area contributed by atoms with Gasteiger partial charge in [0.1, 0.15) is 5.84 Å². The molecule has 2 aromatic rings. The molecule has 1 saturated heterocycles. The summed E-state index contributed by atoms with van der Waals surface area (Å²) in [5, 5.41) is 14.0. The fourth-order valence-corrected chi connectivity index (χ4v) is 5.46. The number of anilines is 1. The van der Waals surface area contributed by atoms with Gasteiger partial charge in [0.15, 0.2) is 0 Å². The van der Waals surface area contributed by atoms with E-state index in [4.69, 9.17) is 11.1 Å². The molecule has 0 bridgehead atoms. The minimum absolute atomic E-state index is 0.0000662. The van der Waals surface area contributed by atoms with Crippen LogP contribution in [0.25, 0.3) is 0 Å². The number of hydrogen-bond donors (Lipinski definition) is 4. The van der Waals surface area contributed by atoms with Gasteiger partial charge in [-0.2, -0.15) is 0 Å². The molecule has 1 aliphatic carbocycles. The molecular formula is C26H35N5O. The summed E-state index contributed by atoms with van der Waals surface area (Å²) in [6, 6.07) is 17.7. The van der Waals surface area contributed by atoms with Gasteiger partial charge in [0.2, 0.25) is 0 Å². The van der Waals surface area contributed by atoms with Crippen molar-refractivity contribution in [2.24, 2.45) is 11.7 Å². The third kappa shape index (κ3) is 5.49. The van der Waals surface area contributed by atoms with Crippen LogP contribution >= 0.6 is 0 Å². The first kappa shape index (κ1) is 22.3. The first-order valence-corrected chi connectivity index (χ1v) is 11.8. The summed E-state index contributed by atoms with van der Waals surface area (Å²) in [6.07, 6.45) is 7.93. The number of hydrogen-bond acceptors (Lipinski definition) is 3. The highest BCUT2D eigenvalue weighted by Gasteiger charge is 2.42. The fourth-order valence-electron chi connectivity index (χ4n) is 5.46. The van der Waals surface area contributed by atoms with E-state index in [1.165, 1.54) is 24.8 Å². The Morgan fingerprint density at radius 1 is 1.03 bits per heavy atom. The number of nitrogen functional groups attached to an aromatic ring is 1. The number of nitrogens with zero attached hydrogens (tertiary/aromatic N) is 1. The molecule has 5 N–H and O–H groups in total. The van der Waals surface area contributed by atoms with Crippen molar-refractivity contribution in [3.8, 4) is 0 Å². The Labute approximate surface area is 191 Å². The zero-order chi connectivity index (χ0) is 22.4. The highest BCUT2D eigenvalue weighted by Crippen LogP contribution is 2.40. The third-order valence-electron chi connectivity index (χ3n) is 7.16. The summed E-state index contributed by atoms with van der Waals surface area (Å²) in [7, 11) is 0. The average Bonchev–Trinajstić information content (AvgIpc) is 2.81. The van der Waals surface area contributed by atoms with Gasteiger partial charge in [-0.1, -0.05) is 61.7 Å². The third-order valence-corrected chi connectivity index (χ3v) is 7.16. The molecule has 0 aromatic heterocycles. The van der Waals surface area contributed by atoms with Crippen LogP contribution in [-0.2, 0) is 6.54 Å². The normalized spacial score (nSPS) is 19.2. The SMILES string of the molecule is N=C(N)c1cccc(NC(=O)NC2(C3CCN(Cc4ccccc4)CC3)CCCCC2)c1. The largest absolute Gasteiger partial charge is 0.384 e. The molecule has 1 saturated carbocycles. The average molecular weight is 434 g/mol. The van der Waals surface area contributed by atoms with Crippen LogP contribution in [0.1, 0.15) is 56.1 Å². The maximum atomic E-state index is 13.0. The maximum absolute atomic E-state index is 13.0. The molecule has 1 heterocycles. The molecule has 0 spiro atoms. The van der Waals surface area contributed by atoms with Gasteiger partial charge in [0, 0.05) is 23.3 Å². The molecule has 2 amide bonds. The molecule has 0 atom stereocenters. The van der Waals surface area contributed by atoms with Crippen molar-refractivity contribution < 1.29 is 4.79 Å². The van der Waals surface area contributed by atoms with Crippen molar-refractivity contribution in [3.05, 3.63) is 65.7 Å². The van der Waals surface area contributed by atoms with Gasteiger partial charge >= 0.3 is 6.03 Å². The number of urea groups is 1. The number of amidine groups is 1. The summed E-state index contributed by atoms with van der Waals surface area (Å²) in [4.78, 5) is 15.5. The second-order valence-corrected chi connectivity index (χ2v) is 9.33. The van der Waals surface area contributed by atoms with Gasteiger partial charge < -0.3 is 16.4 Å². The Bertz CT molecular complexity index is 915. The number of amides is 2. The zero-order valence-electron chi connectivity index (χ0n) is 18.8. The number of carbonyl (C=O) groups excluding carboxylic acids is 1. The number of piperidine rings is 1. The Morgan fingerprint density at radius 2 is 1.75 bits per heavy atom. The lowest BCUT2D eigenvalue weighted by molar-refractivity contribution is 0.0819. The van der Waals surface area contributed by atoms with Crippen LogP contribution in [-0.4, -0.2) is 35.4 Å². The zero-order valence-corrected chi connectivity index (χ0v) is 18.8. The molecule has 6 nitrogen and oxygen atoms in total. The summed E-state index contributed by atoms with van der Waals surface area (Å²) in [5.74, 6) is 0.504. The second-order valence-electron chi connectivity index (χ2n) is 9.33. The molecule has 170 valence electrons. The number of nitrogens with one attached hydrogen (secondary N) is 3. The van der Waals surface area contributed by atoms with E-state index in [0.717, 1.165) is 45.3 Å². The number of rotatable bonds is 6. The summed E-state index contributed by atoms with van der Waals surface area (Å²) < 4.78 is 0. The second kappa shape index (κ2) is 10.2. The lowest BCUT2D eigenvalue weighted by Gasteiger charge is -2.47. The van der Waals surface area contributed by atoms with Crippen LogP contribution in [0.4, 0.5) is 10.5 Å². The van der Waals surface area contributed by atoms with E-state index in [1.54, 1.807) is 12.1 Å². The van der Waals surface area contributed by atoms with Gasteiger partial charge in [0.05, 0.1) is 0 Å². The number of nitrogens with two attached hydrogens (primary N) is 1. The highest BCUT2D eigenvalue weighted by atomic mass is 16.2. The summed E-state index contributed by atoms with van der Waals surface area (Å²) in [6.45, 7) is 3.15. The predicted molar refractivity (Wildman–Crippen MR) is 130 cm³/mol. The monoisotopic (exact) mass is 433 g/mol. The molecule has 2 aliphatic rings. The van der Waals surface area contributed by atoms with E-state index in [1.807, 2.05) is 12.1 Å². The quantitative estimate of drug-likeness (QED) is 0.393. The van der Waals surface area contributed by atoms with Crippen molar-refractivity contribution in [2.75, 3.05) is 18.4 Å². The first-order chi connectivity index (χ1) is 15.5. The van der Waals surface area contributed by atoms with Crippen LogP contribution in [0, 0.1) is 11.3 Å². The molecule has 32 heavy (non-hydrogen) atoms. The topological polar surface area (TPSA) is 94.2 Å². The van der Waals surface area contributed by atoms with E-state index in [-0.39, 0.29) is 17.4 Å². The minimum atomic E-state index is -0.153. The molecule has 4 rings (SSSR count). The number of benzene rings is 2. The lowest BCUT2D eigenvalue weighted by atomic mass is 9.69. The van der Waals surface area contributed by atoms with Crippen LogP contribution in [0.15, 0.2) is 54.6 Å². The fraction of sp³-hybridized carbons (Fsp3) is 0.462. The smallest absolute Gasteiger partial charge is 0.319 e. The Hall–Kier alpha value is -2.86. The molecular weight excluding hydrogens is 398 g/mol. The molecule has 2 aromatic carbocycles. The first-order valence-electron chi connectivity index (χ1n) is 11.8. The number of carbonyl (C=O) groups is 1. The molecule has 2 fully saturated rings. The van der Waals surface area contributed by atoms with E-state index >= 15 is 0 Å². The minimum Gasteiger partial charge on any atom is -0.384 e. The van der Waals surface area contributed by atoms with Crippen LogP contribution in [0.2, 0.25) is 0 Å². The van der Waals surface area contributed by atoms with Crippen LogP contribution in [0.5, 0.6) is 0 Å². The van der Waals surface area contributed by atoms with E-state index in [2.05, 4.69) is 45.9 Å². The van der Waals surface area contributed by atoms with Crippen molar-refractivity contribution in [2.45, 2.75) is 57.0 Å². The van der Waals surface area contributed by atoms with Crippen LogP contribution in [0.3, 0.4) is 0 Å². The number of likely N-dealkylation sites (tertiary alicyclic amines) is 1. The van der Waals surface area contributed by atoms with E-state index < -0.39 is 0 Å². The van der Waals surface area contributed by atoms with Gasteiger partial charge in [-0.05, 0) is 62.4 Å². The Kier molecular flexibility index (Phi) is 7.10.